The molecule has 3 heterocycles. The van der Waals surface area contributed by atoms with Gasteiger partial charge in [-0.2, -0.15) is 5.10 Å². The van der Waals surface area contributed by atoms with Crippen LogP contribution in [0.5, 0.6) is 0 Å². The van der Waals surface area contributed by atoms with Gasteiger partial charge in [-0.15, -0.1) is 0 Å². The number of imidazole rings is 1. The summed E-state index contributed by atoms with van der Waals surface area (Å²) in [5, 5.41) is 25.0. The lowest BCUT2D eigenvalue weighted by Gasteiger charge is -2.20. The molecule has 1 fully saturated rings. The zero-order valence-corrected chi connectivity index (χ0v) is 20.0. The second-order valence-electron chi connectivity index (χ2n) is 9.95. The number of hydrogen-bond acceptors (Lipinski definition) is 6. The molecule has 2 aromatic heterocycles. The van der Waals surface area contributed by atoms with Gasteiger partial charge < -0.3 is 21.1 Å². The zero-order chi connectivity index (χ0) is 23.9. The van der Waals surface area contributed by atoms with Crippen LogP contribution >= 0.6 is 0 Å². The molecule has 8 nitrogen and oxygen atoms in total. The minimum absolute atomic E-state index is 0.0129. The maximum absolute atomic E-state index is 12.6. The summed E-state index contributed by atoms with van der Waals surface area (Å²) in [4.78, 5) is 17.2. The van der Waals surface area contributed by atoms with Crippen LogP contribution in [0.15, 0.2) is 36.5 Å². The van der Waals surface area contributed by atoms with Gasteiger partial charge in [-0.05, 0) is 75.9 Å². The second-order valence-corrected chi connectivity index (χ2v) is 9.95. The fraction of sp³-hybridized carbons (Fsp3) is 0.423. The summed E-state index contributed by atoms with van der Waals surface area (Å²) in [5.41, 5.74) is 6.17. The van der Waals surface area contributed by atoms with E-state index in [1.807, 2.05) is 41.9 Å². The monoisotopic (exact) mass is 460 g/mol. The largest absolute Gasteiger partial charge is 0.389 e. The summed E-state index contributed by atoms with van der Waals surface area (Å²) < 4.78 is 1.86. The first-order valence-electron chi connectivity index (χ1n) is 12.0. The first kappa shape index (κ1) is 22.6. The first-order chi connectivity index (χ1) is 16.3. The molecule has 2 aliphatic rings. The quantitative estimate of drug-likeness (QED) is 0.432. The van der Waals surface area contributed by atoms with Gasteiger partial charge in [0, 0.05) is 30.3 Å². The Balaban J connectivity index is 1.55. The minimum atomic E-state index is -0.863. The molecule has 1 amide bonds. The van der Waals surface area contributed by atoms with Gasteiger partial charge in [-0.1, -0.05) is 12.1 Å². The molecule has 1 aliphatic carbocycles. The van der Waals surface area contributed by atoms with Crippen molar-refractivity contribution in [1.82, 2.24) is 25.2 Å². The molecule has 5 rings (SSSR count). The number of carbonyl (C=O) groups excluding carboxylic acids is 1. The van der Waals surface area contributed by atoms with Crippen LogP contribution in [0.3, 0.4) is 0 Å². The summed E-state index contributed by atoms with van der Waals surface area (Å²) in [7, 11) is 0. The molecule has 0 radical (unpaired) electrons. The highest BCUT2D eigenvalue weighted by atomic mass is 16.3. The van der Waals surface area contributed by atoms with Crippen LogP contribution in [-0.2, 0) is 0 Å². The van der Waals surface area contributed by atoms with Crippen LogP contribution in [0, 0.1) is 6.92 Å². The van der Waals surface area contributed by atoms with Crippen molar-refractivity contribution in [3.8, 4) is 11.3 Å². The van der Waals surface area contributed by atoms with Gasteiger partial charge in [0.25, 0.3) is 5.91 Å². The van der Waals surface area contributed by atoms with Crippen molar-refractivity contribution in [2.75, 3.05) is 25.0 Å². The predicted octanol–water partition coefficient (Wildman–Crippen LogP) is 3.16. The number of aromatic nitrogens is 3. The number of rotatable bonds is 7. The SMILES string of the molecule is Cc1cc(-c2cnc3c(NCC(C)(C)O)cc(C4=CCNCC4)nn23)ccc1C(=O)NC1CC1. The molecule has 0 unspecified atom stereocenters. The number of amides is 1. The van der Waals surface area contributed by atoms with Gasteiger partial charge in [-0.25, -0.2) is 9.50 Å². The van der Waals surface area contributed by atoms with E-state index in [0.29, 0.717) is 23.8 Å². The van der Waals surface area contributed by atoms with E-state index >= 15 is 0 Å². The molecule has 34 heavy (non-hydrogen) atoms. The van der Waals surface area contributed by atoms with Crippen molar-refractivity contribution in [2.45, 2.75) is 51.7 Å². The van der Waals surface area contributed by atoms with Crippen molar-refractivity contribution in [2.24, 2.45) is 0 Å². The normalized spacial score (nSPS) is 16.4. The fourth-order valence-electron chi connectivity index (χ4n) is 4.19. The Morgan fingerprint density at radius 2 is 2.12 bits per heavy atom. The number of anilines is 1. The molecule has 0 bridgehead atoms. The highest BCUT2D eigenvalue weighted by Gasteiger charge is 2.25. The highest BCUT2D eigenvalue weighted by Crippen LogP contribution is 2.29. The number of fused-ring (bicyclic) bond motifs is 1. The number of aryl methyl sites for hydroxylation is 1. The molecule has 1 aliphatic heterocycles. The van der Waals surface area contributed by atoms with Gasteiger partial charge in [0.1, 0.15) is 0 Å². The van der Waals surface area contributed by atoms with E-state index < -0.39 is 5.60 Å². The van der Waals surface area contributed by atoms with Crippen molar-refractivity contribution in [1.29, 1.82) is 0 Å². The van der Waals surface area contributed by atoms with Gasteiger partial charge in [0.05, 0.1) is 28.9 Å². The van der Waals surface area contributed by atoms with Crippen LogP contribution < -0.4 is 16.0 Å². The van der Waals surface area contributed by atoms with Crippen molar-refractivity contribution < 1.29 is 9.90 Å². The molecular formula is C26H32N6O2. The van der Waals surface area contributed by atoms with Gasteiger partial charge in [-0.3, -0.25) is 4.79 Å². The molecule has 0 atom stereocenters. The number of aliphatic hydroxyl groups is 1. The van der Waals surface area contributed by atoms with Crippen LogP contribution in [0.2, 0.25) is 0 Å². The second kappa shape index (κ2) is 8.85. The van der Waals surface area contributed by atoms with E-state index in [4.69, 9.17) is 5.10 Å². The fourth-order valence-corrected chi connectivity index (χ4v) is 4.19. The lowest BCUT2D eigenvalue weighted by Crippen LogP contribution is -2.29. The molecule has 1 aromatic carbocycles. The van der Waals surface area contributed by atoms with E-state index in [2.05, 4.69) is 27.0 Å². The smallest absolute Gasteiger partial charge is 0.251 e. The number of nitrogens with zero attached hydrogens (tertiary/aromatic N) is 3. The Hall–Kier alpha value is -3.23. The Labute approximate surface area is 199 Å². The lowest BCUT2D eigenvalue weighted by molar-refractivity contribution is 0.0940. The molecule has 178 valence electrons. The summed E-state index contributed by atoms with van der Waals surface area (Å²) in [5.74, 6) is -0.0129. The minimum Gasteiger partial charge on any atom is -0.389 e. The maximum atomic E-state index is 12.6. The highest BCUT2D eigenvalue weighted by molar-refractivity contribution is 5.96. The Bertz CT molecular complexity index is 1270. The maximum Gasteiger partial charge on any atom is 0.251 e. The summed E-state index contributed by atoms with van der Waals surface area (Å²) >= 11 is 0. The number of carbonyl (C=O) groups is 1. The van der Waals surface area contributed by atoms with Crippen LogP contribution in [0.4, 0.5) is 5.69 Å². The Morgan fingerprint density at radius 1 is 1.29 bits per heavy atom. The Morgan fingerprint density at radius 3 is 2.79 bits per heavy atom. The van der Waals surface area contributed by atoms with E-state index in [9.17, 15) is 9.90 Å². The van der Waals surface area contributed by atoms with Gasteiger partial charge >= 0.3 is 0 Å². The van der Waals surface area contributed by atoms with E-state index in [0.717, 1.165) is 60.6 Å². The Kier molecular flexibility index (Phi) is 5.87. The number of benzene rings is 1. The average molecular weight is 461 g/mol. The van der Waals surface area contributed by atoms with Gasteiger partial charge in [0.2, 0.25) is 0 Å². The molecule has 4 N–H and O–H groups in total. The summed E-state index contributed by atoms with van der Waals surface area (Å²) in [6.07, 6.45) is 7.02. The number of hydrogen-bond donors (Lipinski definition) is 4. The third-order valence-electron chi connectivity index (χ3n) is 6.25. The van der Waals surface area contributed by atoms with E-state index in [1.165, 1.54) is 5.57 Å². The summed E-state index contributed by atoms with van der Waals surface area (Å²) in [6.45, 7) is 7.63. The molecule has 0 saturated heterocycles. The van der Waals surface area contributed by atoms with Crippen LogP contribution in [0.25, 0.3) is 22.5 Å². The van der Waals surface area contributed by atoms with Crippen LogP contribution in [0.1, 0.15) is 54.7 Å². The predicted molar refractivity (Wildman–Crippen MR) is 134 cm³/mol. The van der Waals surface area contributed by atoms with Gasteiger partial charge in [0.15, 0.2) is 5.65 Å². The lowest BCUT2D eigenvalue weighted by atomic mass is 10.0. The standard InChI is InChI=1S/C26H32N6O2/c1-16-12-18(4-7-20(16)25(33)30-19-5-6-19)23-14-28-24-22(29-15-26(2,3)34)13-21(31-32(23)24)17-8-10-27-11-9-17/h4,7-8,12-14,19,27,29,34H,5-6,9-11,15H2,1-3H3,(H,30,33). The first-order valence-corrected chi connectivity index (χ1v) is 12.0. The molecule has 0 spiro atoms. The number of nitrogens with one attached hydrogen (secondary N) is 3. The molecule has 1 saturated carbocycles. The van der Waals surface area contributed by atoms with Crippen LogP contribution in [-0.4, -0.2) is 56.9 Å². The molecular weight excluding hydrogens is 428 g/mol. The third kappa shape index (κ3) is 4.83. The van der Waals surface area contributed by atoms with Crippen molar-refractivity contribution in [3.63, 3.8) is 0 Å². The molecule has 8 heteroatoms. The summed E-state index contributed by atoms with van der Waals surface area (Å²) in [6, 6.07) is 8.21. The van der Waals surface area contributed by atoms with Crippen molar-refractivity contribution in [3.05, 3.63) is 53.4 Å². The topological polar surface area (TPSA) is 104 Å². The third-order valence-corrected chi connectivity index (χ3v) is 6.25. The van der Waals surface area contributed by atoms with E-state index in [1.54, 1.807) is 13.8 Å². The molecule has 3 aromatic rings. The van der Waals surface area contributed by atoms with E-state index in [-0.39, 0.29) is 5.91 Å². The zero-order valence-electron chi connectivity index (χ0n) is 20.0. The van der Waals surface area contributed by atoms with Crippen molar-refractivity contribution >= 4 is 22.8 Å². The average Bonchev–Trinajstić information content (AvgIpc) is 3.52.